The van der Waals surface area contributed by atoms with Gasteiger partial charge in [-0.3, -0.25) is 4.79 Å². The normalized spacial score (nSPS) is 16.2. The fraction of sp³-hybridized carbons (Fsp3) is 0.375. The van der Waals surface area contributed by atoms with Gasteiger partial charge in [0.2, 0.25) is 15.9 Å². The van der Waals surface area contributed by atoms with Gasteiger partial charge in [0.1, 0.15) is 6.04 Å². The summed E-state index contributed by atoms with van der Waals surface area (Å²) in [6.45, 7) is 0. The number of sulfonamides is 1. The molecule has 9 heteroatoms. The molecule has 0 unspecified atom stereocenters. The first-order chi connectivity index (χ1) is 15.9. The standard InChI is InChI=1S/C24H29BN3O4S/c1-28-14-13-19-21(28)11-6-12-22(19)33(31,32)27-20(15-17-7-3-2-4-8-17)24(29)26-23(25-30)16-18-9-5-10-18/h2-4,6-8,11-14,18,20,23,27,30H,5,9-10,15-16H2,1H3,(H,26,29)/t20-,23-/m0/s1. The molecule has 1 aliphatic carbocycles. The van der Waals surface area contributed by atoms with E-state index in [9.17, 15) is 18.2 Å². The summed E-state index contributed by atoms with van der Waals surface area (Å²) in [7, 11) is -1.15. The second kappa shape index (κ2) is 10.1. The Bertz CT molecular complexity index is 1210. The van der Waals surface area contributed by atoms with Crippen LogP contribution in [0.4, 0.5) is 0 Å². The molecule has 0 bridgehead atoms. The van der Waals surface area contributed by atoms with Crippen molar-refractivity contribution in [3.05, 3.63) is 66.4 Å². The molecule has 0 aliphatic heterocycles. The smallest absolute Gasteiger partial charge is 0.311 e. The summed E-state index contributed by atoms with van der Waals surface area (Å²) in [6, 6.07) is 15.1. The quantitative estimate of drug-likeness (QED) is 0.400. The lowest BCUT2D eigenvalue weighted by Crippen LogP contribution is -2.52. The van der Waals surface area contributed by atoms with Crippen molar-refractivity contribution in [2.75, 3.05) is 0 Å². The maximum atomic E-state index is 13.4. The summed E-state index contributed by atoms with van der Waals surface area (Å²) in [5.41, 5.74) is 1.62. The van der Waals surface area contributed by atoms with Crippen LogP contribution in [0.5, 0.6) is 0 Å². The van der Waals surface area contributed by atoms with Crippen molar-refractivity contribution < 1.29 is 18.2 Å². The van der Waals surface area contributed by atoms with Crippen LogP contribution in [-0.4, -0.2) is 43.4 Å². The number of benzene rings is 2. The van der Waals surface area contributed by atoms with Gasteiger partial charge >= 0.3 is 7.48 Å². The van der Waals surface area contributed by atoms with Gasteiger partial charge in [0.25, 0.3) is 0 Å². The van der Waals surface area contributed by atoms with Crippen LogP contribution >= 0.6 is 0 Å². The van der Waals surface area contributed by atoms with Gasteiger partial charge in [-0.15, -0.1) is 0 Å². The predicted octanol–water partition coefficient (Wildman–Crippen LogP) is 2.31. The summed E-state index contributed by atoms with van der Waals surface area (Å²) >= 11 is 0. The first kappa shape index (κ1) is 23.5. The van der Waals surface area contributed by atoms with Crippen LogP contribution in [0, 0.1) is 5.92 Å². The first-order valence-corrected chi connectivity index (χ1v) is 12.7. The number of fused-ring (bicyclic) bond motifs is 1. The van der Waals surface area contributed by atoms with Crippen molar-refractivity contribution in [1.29, 1.82) is 0 Å². The number of amides is 1. The summed E-state index contributed by atoms with van der Waals surface area (Å²) in [6.07, 6.45) is 5.98. The third kappa shape index (κ3) is 5.48. The van der Waals surface area contributed by atoms with Gasteiger partial charge in [-0.05, 0) is 42.5 Å². The van der Waals surface area contributed by atoms with Gasteiger partial charge < -0.3 is 14.9 Å². The number of nitrogens with zero attached hydrogens (tertiary/aromatic N) is 1. The van der Waals surface area contributed by atoms with Crippen LogP contribution < -0.4 is 10.0 Å². The highest BCUT2D eigenvalue weighted by molar-refractivity contribution is 7.89. The second-order valence-electron chi connectivity index (χ2n) is 8.78. The minimum atomic E-state index is -3.99. The SMILES string of the molecule is Cn1ccc2c(S(=O)(=O)N[C@@H](Cc3ccccc3)C(=O)N[C@H]([B]O)CC3CCC3)cccc21. The Morgan fingerprint density at radius 3 is 2.58 bits per heavy atom. The third-order valence-corrected chi connectivity index (χ3v) is 7.92. The molecule has 1 amide bonds. The van der Waals surface area contributed by atoms with Gasteiger partial charge in [0.15, 0.2) is 0 Å². The highest BCUT2D eigenvalue weighted by Gasteiger charge is 2.30. The van der Waals surface area contributed by atoms with E-state index >= 15 is 0 Å². The van der Waals surface area contributed by atoms with Crippen LogP contribution in [0.25, 0.3) is 10.9 Å². The number of carbonyl (C=O) groups excluding carboxylic acids is 1. The molecule has 2 atom stereocenters. The van der Waals surface area contributed by atoms with Gasteiger partial charge in [0.05, 0.1) is 4.90 Å². The number of aryl methyl sites for hydroxylation is 1. The van der Waals surface area contributed by atoms with E-state index in [0.717, 1.165) is 37.8 Å². The number of rotatable bonds is 10. The average molecular weight is 466 g/mol. The molecular formula is C24H29BN3O4S. The lowest BCUT2D eigenvalue weighted by molar-refractivity contribution is -0.123. The Balaban J connectivity index is 1.58. The molecule has 1 fully saturated rings. The van der Waals surface area contributed by atoms with E-state index in [1.165, 1.54) is 0 Å². The van der Waals surface area contributed by atoms with Crippen LogP contribution in [0.3, 0.4) is 0 Å². The van der Waals surface area contributed by atoms with Gasteiger partial charge in [0, 0.05) is 30.1 Å². The van der Waals surface area contributed by atoms with Crippen molar-refractivity contribution in [2.24, 2.45) is 13.0 Å². The zero-order chi connectivity index (χ0) is 23.4. The fourth-order valence-corrected chi connectivity index (χ4v) is 5.74. The molecule has 2 aromatic carbocycles. The lowest BCUT2D eigenvalue weighted by atomic mass is 9.73. The van der Waals surface area contributed by atoms with Crippen molar-refractivity contribution >= 4 is 34.3 Å². The summed E-state index contributed by atoms with van der Waals surface area (Å²) in [5.74, 6) is -0.501. The summed E-state index contributed by atoms with van der Waals surface area (Å²) in [5, 5.41) is 13.1. The van der Waals surface area contributed by atoms with Crippen molar-refractivity contribution in [3.63, 3.8) is 0 Å². The molecule has 33 heavy (non-hydrogen) atoms. The first-order valence-electron chi connectivity index (χ1n) is 11.3. The molecule has 7 nitrogen and oxygen atoms in total. The highest BCUT2D eigenvalue weighted by Crippen LogP contribution is 2.30. The topological polar surface area (TPSA) is 100 Å². The van der Waals surface area contributed by atoms with E-state index in [0.29, 0.717) is 17.7 Å². The van der Waals surface area contributed by atoms with E-state index in [-0.39, 0.29) is 11.3 Å². The molecule has 1 aliphatic rings. The molecule has 1 saturated carbocycles. The van der Waals surface area contributed by atoms with Crippen LogP contribution in [0.2, 0.25) is 0 Å². The third-order valence-electron chi connectivity index (χ3n) is 6.39. The summed E-state index contributed by atoms with van der Waals surface area (Å²) < 4.78 is 31.3. The Morgan fingerprint density at radius 2 is 1.91 bits per heavy atom. The number of carbonyl (C=O) groups is 1. The van der Waals surface area contributed by atoms with Crippen molar-refractivity contribution in [1.82, 2.24) is 14.6 Å². The Morgan fingerprint density at radius 1 is 1.15 bits per heavy atom. The molecular weight excluding hydrogens is 437 g/mol. The maximum Gasteiger partial charge on any atom is 0.311 e. The van der Waals surface area contributed by atoms with E-state index in [4.69, 9.17) is 0 Å². The monoisotopic (exact) mass is 466 g/mol. The number of hydrogen-bond acceptors (Lipinski definition) is 4. The second-order valence-corrected chi connectivity index (χ2v) is 10.5. The molecule has 1 radical (unpaired) electrons. The molecule has 0 spiro atoms. The highest BCUT2D eigenvalue weighted by atomic mass is 32.2. The van der Waals surface area contributed by atoms with Crippen molar-refractivity contribution in [2.45, 2.75) is 49.0 Å². The Kier molecular flexibility index (Phi) is 7.21. The van der Waals surface area contributed by atoms with E-state index in [1.54, 1.807) is 24.4 Å². The maximum absolute atomic E-state index is 13.4. The van der Waals surface area contributed by atoms with E-state index < -0.39 is 27.9 Å². The van der Waals surface area contributed by atoms with Crippen LogP contribution in [0.1, 0.15) is 31.2 Å². The fourth-order valence-electron chi connectivity index (χ4n) is 4.32. The zero-order valence-corrected chi connectivity index (χ0v) is 19.5. The molecule has 173 valence electrons. The number of nitrogens with one attached hydrogen (secondary N) is 2. The van der Waals surface area contributed by atoms with Gasteiger partial charge in [-0.2, -0.15) is 4.72 Å². The Hall–Kier alpha value is -2.62. The minimum Gasteiger partial charge on any atom is -0.452 e. The van der Waals surface area contributed by atoms with Gasteiger partial charge in [-0.1, -0.05) is 55.7 Å². The number of aromatic nitrogens is 1. The van der Waals surface area contributed by atoms with Crippen LogP contribution in [-0.2, 0) is 28.3 Å². The minimum absolute atomic E-state index is 0.131. The van der Waals surface area contributed by atoms with Crippen molar-refractivity contribution in [3.8, 4) is 0 Å². The summed E-state index contributed by atoms with van der Waals surface area (Å²) in [4.78, 5) is 13.3. The molecule has 4 rings (SSSR count). The molecule has 3 aromatic rings. The Labute approximate surface area is 195 Å². The molecule has 1 heterocycles. The van der Waals surface area contributed by atoms with Crippen LogP contribution in [0.15, 0.2) is 65.7 Å². The largest absolute Gasteiger partial charge is 0.452 e. The molecule has 3 N–H and O–H groups in total. The number of hydrogen-bond donors (Lipinski definition) is 3. The van der Waals surface area contributed by atoms with E-state index in [1.807, 2.05) is 48.0 Å². The lowest BCUT2D eigenvalue weighted by Gasteiger charge is -2.30. The zero-order valence-electron chi connectivity index (χ0n) is 18.6. The van der Waals surface area contributed by atoms with E-state index in [2.05, 4.69) is 10.0 Å². The molecule has 0 saturated heterocycles. The molecule has 1 aromatic heterocycles. The predicted molar refractivity (Wildman–Crippen MR) is 129 cm³/mol. The van der Waals surface area contributed by atoms with Gasteiger partial charge in [-0.25, -0.2) is 8.42 Å². The average Bonchev–Trinajstić information content (AvgIpc) is 3.16.